The summed E-state index contributed by atoms with van der Waals surface area (Å²) in [5.74, 6) is 0.716. The largest absolute Gasteiger partial charge is 0.331 e. The molecule has 5 heteroatoms. The standard InChI is InChI=1S/C12H17N5/c1-9(2)15-6-10-4-5-14-12(16-10)11-7-13-8-17(11)3/h4-5,7-9,15H,6H2,1-3H3. The van der Waals surface area contributed by atoms with E-state index in [0.29, 0.717) is 11.9 Å². The summed E-state index contributed by atoms with van der Waals surface area (Å²) in [5.41, 5.74) is 1.92. The molecule has 0 radical (unpaired) electrons. The molecular formula is C12H17N5. The van der Waals surface area contributed by atoms with E-state index < -0.39 is 0 Å². The Hall–Kier alpha value is -1.75. The maximum atomic E-state index is 4.51. The second kappa shape index (κ2) is 5.05. The molecule has 0 aliphatic heterocycles. The molecule has 0 saturated carbocycles. The molecule has 0 saturated heterocycles. The van der Waals surface area contributed by atoms with Gasteiger partial charge in [0.2, 0.25) is 0 Å². The van der Waals surface area contributed by atoms with Gasteiger partial charge < -0.3 is 9.88 Å². The van der Waals surface area contributed by atoms with Gasteiger partial charge in [-0.1, -0.05) is 13.8 Å². The van der Waals surface area contributed by atoms with Crippen molar-refractivity contribution in [3.05, 3.63) is 30.5 Å². The molecule has 0 unspecified atom stereocenters. The first-order valence-electron chi connectivity index (χ1n) is 5.69. The minimum Gasteiger partial charge on any atom is -0.331 e. The van der Waals surface area contributed by atoms with Crippen LogP contribution < -0.4 is 5.32 Å². The molecule has 0 atom stereocenters. The van der Waals surface area contributed by atoms with Gasteiger partial charge in [0, 0.05) is 25.8 Å². The lowest BCUT2D eigenvalue weighted by Gasteiger charge is -2.08. The highest BCUT2D eigenvalue weighted by Crippen LogP contribution is 2.12. The summed E-state index contributed by atoms with van der Waals surface area (Å²) in [6.07, 6.45) is 5.30. The van der Waals surface area contributed by atoms with Crippen LogP contribution in [0.25, 0.3) is 11.5 Å². The van der Waals surface area contributed by atoms with E-state index in [4.69, 9.17) is 0 Å². The van der Waals surface area contributed by atoms with Crippen molar-refractivity contribution in [2.75, 3.05) is 0 Å². The number of imidazole rings is 1. The first-order valence-corrected chi connectivity index (χ1v) is 5.69. The van der Waals surface area contributed by atoms with Crippen molar-refractivity contribution in [3.8, 4) is 11.5 Å². The zero-order chi connectivity index (χ0) is 12.3. The number of aryl methyl sites for hydroxylation is 1. The molecule has 90 valence electrons. The zero-order valence-corrected chi connectivity index (χ0v) is 10.4. The van der Waals surface area contributed by atoms with Crippen molar-refractivity contribution in [1.82, 2.24) is 24.8 Å². The van der Waals surface area contributed by atoms with Crippen LogP contribution in [0.4, 0.5) is 0 Å². The van der Waals surface area contributed by atoms with Gasteiger partial charge in [-0.05, 0) is 6.07 Å². The quantitative estimate of drug-likeness (QED) is 0.863. The van der Waals surface area contributed by atoms with E-state index in [9.17, 15) is 0 Å². The molecule has 2 rings (SSSR count). The van der Waals surface area contributed by atoms with Crippen LogP contribution in [0.3, 0.4) is 0 Å². The summed E-state index contributed by atoms with van der Waals surface area (Å²) in [7, 11) is 1.94. The second-order valence-electron chi connectivity index (χ2n) is 4.30. The zero-order valence-electron chi connectivity index (χ0n) is 10.4. The van der Waals surface area contributed by atoms with Crippen LogP contribution in [0.1, 0.15) is 19.5 Å². The highest BCUT2D eigenvalue weighted by molar-refractivity contribution is 5.47. The molecule has 0 fully saturated rings. The fourth-order valence-electron chi connectivity index (χ4n) is 1.50. The Morgan fingerprint density at radius 2 is 2.24 bits per heavy atom. The molecular weight excluding hydrogens is 214 g/mol. The van der Waals surface area contributed by atoms with E-state index in [1.807, 2.05) is 17.7 Å². The summed E-state index contributed by atoms with van der Waals surface area (Å²) in [4.78, 5) is 12.9. The Bertz CT molecular complexity index is 489. The third-order valence-corrected chi connectivity index (χ3v) is 2.45. The minimum absolute atomic E-state index is 0.449. The summed E-state index contributed by atoms with van der Waals surface area (Å²) < 4.78 is 1.91. The molecule has 0 aromatic carbocycles. The molecule has 0 spiro atoms. The maximum absolute atomic E-state index is 4.51. The van der Waals surface area contributed by atoms with Gasteiger partial charge in [-0.2, -0.15) is 0 Å². The first-order chi connectivity index (χ1) is 8.16. The average Bonchev–Trinajstić information content (AvgIpc) is 2.73. The van der Waals surface area contributed by atoms with E-state index in [0.717, 1.165) is 17.9 Å². The average molecular weight is 231 g/mol. The van der Waals surface area contributed by atoms with Crippen LogP contribution in [0, 0.1) is 0 Å². The normalized spacial score (nSPS) is 11.1. The van der Waals surface area contributed by atoms with Gasteiger partial charge in [-0.3, -0.25) is 0 Å². The van der Waals surface area contributed by atoms with E-state index in [1.165, 1.54) is 0 Å². The maximum Gasteiger partial charge on any atom is 0.178 e. The molecule has 0 aliphatic carbocycles. The molecule has 5 nitrogen and oxygen atoms in total. The fourth-order valence-corrected chi connectivity index (χ4v) is 1.50. The Morgan fingerprint density at radius 3 is 2.88 bits per heavy atom. The Morgan fingerprint density at radius 1 is 1.41 bits per heavy atom. The smallest absolute Gasteiger partial charge is 0.178 e. The van der Waals surface area contributed by atoms with E-state index in [2.05, 4.69) is 34.1 Å². The third kappa shape index (κ3) is 2.88. The van der Waals surface area contributed by atoms with Crippen molar-refractivity contribution in [2.45, 2.75) is 26.4 Å². The molecule has 17 heavy (non-hydrogen) atoms. The van der Waals surface area contributed by atoms with Crippen LogP contribution >= 0.6 is 0 Å². The summed E-state index contributed by atoms with van der Waals surface area (Å²) in [5, 5.41) is 3.34. The lowest BCUT2D eigenvalue weighted by Crippen LogP contribution is -2.22. The molecule has 0 aliphatic rings. The number of rotatable bonds is 4. The monoisotopic (exact) mass is 231 g/mol. The molecule has 2 heterocycles. The van der Waals surface area contributed by atoms with Crippen LogP contribution in [0.5, 0.6) is 0 Å². The van der Waals surface area contributed by atoms with Crippen molar-refractivity contribution in [3.63, 3.8) is 0 Å². The summed E-state index contributed by atoms with van der Waals surface area (Å²) >= 11 is 0. The van der Waals surface area contributed by atoms with Gasteiger partial charge in [-0.15, -0.1) is 0 Å². The van der Waals surface area contributed by atoms with Crippen molar-refractivity contribution < 1.29 is 0 Å². The van der Waals surface area contributed by atoms with E-state index >= 15 is 0 Å². The van der Waals surface area contributed by atoms with Gasteiger partial charge in [0.25, 0.3) is 0 Å². The highest BCUT2D eigenvalue weighted by atomic mass is 15.1. The van der Waals surface area contributed by atoms with Gasteiger partial charge in [0.15, 0.2) is 5.82 Å². The third-order valence-electron chi connectivity index (χ3n) is 2.45. The number of hydrogen-bond acceptors (Lipinski definition) is 4. The van der Waals surface area contributed by atoms with Gasteiger partial charge in [0.1, 0.15) is 5.69 Å². The predicted molar refractivity (Wildman–Crippen MR) is 66.2 cm³/mol. The van der Waals surface area contributed by atoms with Gasteiger partial charge >= 0.3 is 0 Å². The van der Waals surface area contributed by atoms with Crippen LogP contribution in [-0.2, 0) is 13.6 Å². The molecule has 1 N–H and O–H groups in total. The molecule has 2 aromatic heterocycles. The highest BCUT2D eigenvalue weighted by Gasteiger charge is 2.06. The molecule has 2 aromatic rings. The predicted octanol–water partition coefficient (Wildman–Crippen LogP) is 1.38. The second-order valence-corrected chi connectivity index (χ2v) is 4.30. The SMILES string of the molecule is CC(C)NCc1ccnc(-c2cncn2C)n1. The Kier molecular flexibility index (Phi) is 3.49. The van der Waals surface area contributed by atoms with E-state index in [-0.39, 0.29) is 0 Å². The first kappa shape index (κ1) is 11.7. The summed E-state index contributed by atoms with van der Waals surface area (Å²) in [6.45, 7) is 4.98. The van der Waals surface area contributed by atoms with Crippen LogP contribution in [0.15, 0.2) is 24.8 Å². The topological polar surface area (TPSA) is 55.6 Å². The number of aromatic nitrogens is 4. The Balaban J connectivity index is 2.20. The lowest BCUT2D eigenvalue weighted by atomic mass is 10.3. The van der Waals surface area contributed by atoms with Crippen LogP contribution in [0.2, 0.25) is 0 Å². The van der Waals surface area contributed by atoms with Crippen LogP contribution in [-0.4, -0.2) is 25.6 Å². The Labute approximate surface area is 101 Å². The molecule has 0 bridgehead atoms. The number of nitrogens with zero attached hydrogens (tertiary/aromatic N) is 4. The summed E-state index contributed by atoms with van der Waals surface area (Å²) in [6, 6.07) is 2.38. The molecule has 0 amide bonds. The minimum atomic E-state index is 0.449. The van der Waals surface area contributed by atoms with Crippen molar-refractivity contribution in [1.29, 1.82) is 0 Å². The fraction of sp³-hybridized carbons (Fsp3) is 0.417. The lowest BCUT2D eigenvalue weighted by molar-refractivity contribution is 0.581. The van der Waals surface area contributed by atoms with E-state index in [1.54, 1.807) is 18.7 Å². The van der Waals surface area contributed by atoms with Gasteiger partial charge in [0.05, 0.1) is 18.2 Å². The number of nitrogens with one attached hydrogen (secondary N) is 1. The van der Waals surface area contributed by atoms with Crippen molar-refractivity contribution in [2.24, 2.45) is 7.05 Å². The number of hydrogen-bond donors (Lipinski definition) is 1. The van der Waals surface area contributed by atoms with Gasteiger partial charge in [-0.25, -0.2) is 15.0 Å². The van der Waals surface area contributed by atoms with Crippen molar-refractivity contribution >= 4 is 0 Å².